The fourth-order valence-electron chi connectivity index (χ4n) is 1.67. The molecule has 5 heteroatoms. The lowest BCUT2D eigenvalue weighted by Crippen LogP contribution is -2.21. The zero-order valence-electron chi connectivity index (χ0n) is 12.0. The summed E-state index contributed by atoms with van der Waals surface area (Å²) < 4.78 is 16.9. The van der Waals surface area contributed by atoms with Crippen molar-refractivity contribution in [1.29, 1.82) is 0 Å². The smallest absolute Gasteiger partial charge is 0.174 e. The number of benzene rings is 1. The van der Waals surface area contributed by atoms with Gasteiger partial charge in [-0.3, -0.25) is 0 Å². The first-order chi connectivity index (χ1) is 9.08. The Kier molecular flexibility index (Phi) is 7.20. The molecule has 1 N–H and O–H groups in total. The third-order valence-corrected chi connectivity index (χ3v) is 3.14. The maximum absolute atomic E-state index is 5.47. The van der Waals surface area contributed by atoms with E-state index < -0.39 is 0 Å². The summed E-state index contributed by atoms with van der Waals surface area (Å²) in [6.07, 6.45) is 0.275. The summed E-state index contributed by atoms with van der Waals surface area (Å²) in [7, 11) is 3.27. The van der Waals surface area contributed by atoms with Gasteiger partial charge in [-0.05, 0) is 47.5 Å². The minimum atomic E-state index is 0.275. The Morgan fingerprint density at radius 1 is 1.21 bits per heavy atom. The molecule has 0 aliphatic heterocycles. The van der Waals surface area contributed by atoms with E-state index in [9.17, 15) is 0 Å². The van der Waals surface area contributed by atoms with Gasteiger partial charge in [0.05, 0.1) is 31.4 Å². The van der Waals surface area contributed by atoms with Crippen LogP contribution in [0.5, 0.6) is 11.5 Å². The van der Waals surface area contributed by atoms with E-state index >= 15 is 0 Å². The van der Waals surface area contributed by atoms with Crippen molar-refractivity contribution < 1.29 is 14.2 Å². The Balaban J connectivity index is 2.52. The van der Waals surface area contributed by atoms with Gasteiger partial charge in [0.2, 0.25) is 0 Å². The largest absolute Gasteiger partial charge is 0.493 e. The molecule has 1 aromatic rings. The van der Waals surface area contributed by atoms with Crippen LogP contribution in [0.4, 0.5) is 0 Å². The third kappa shape index (κ3) is 5.38. The monoisotopic (exact) mass is 331 g/mol. The van der Waals surface area contributed by atoms with Crippen LogP contribution in [0.2, 0.25) is 0 Å². The van der Waals surface area contributed by atoms with E-state index in [1.165, 1.54) is 0 Å². The molecular weight excluding hydrogens is 310 g/mol. The van der Waals surface area contributed by atoms with Gasteiger partial charge in [-0.1, -0.05) is 0 Å². The molecule has 0 unspecified atom stereocenters. The molecule has 19 heavy (non-hydrogen) atoms. The van der Waals surface area contributed by atoms with Crippen molar-refractivity contribution in [2.24, 2.45) is 0 Å². The maximum atomic E-state index is 5.47. The average molecular weight is 332 g/mol. The number of nitrogens with one attached hydrogen (secondary N) is 1. The molecule has 0 heterocycles. The molecule has 108 valence electrons. The summed E-state index contributed by atoms with van der Waals surface area (Å²) in [6, 6.07) is 4.00. The van der Waals surface area contributed by atoms with E-state index in [1.807, 2.05) is 26.0 Å². The molecule has 0 saturated heterocycles. The van der Waals surface area contributed by atoms with Crippen molar-refractivity contribution in [2.45, 2.75) is 26.5 Å². The maximum Gasteiger partial charge on any atom is 0.174 e. The van der Waals surface area contributed by atoms with Crippen molar-refractivity contribution in [2.75, 3.05) is 27.4 Å². The number of hydrogen-bond acceptors (Lipinski definition) is 4. The fraction of sp³-hybridized carbons (Fsp3) is 0.571. The third-order valence-electron chi connectivity index (χ3n) is 2.55. The average Bonchev–Trinajstić information content (AvgIpc) is 2.37. The van der Waals surface area contributed by atoms with Gasteiger partial charge >= 0.3 is 0 Å². The predicted octanol–water partition coefficient (Wildman–Crippen LogP) is 2.98. The molecule has 0 radical (unpaired) electrons. The summed E-state index contributed by atoms with van der Waals surface area (Å²) in [4.78, 5) is 0. The standard InChI is InChI=1S/C14H22BrNO3/c1-10(2)19-6-5-16-9-11-7-12(15)14(18-4)13(8-11)17-3/h7-8,10,16H,5-6,9H2,1-4H3. The molecule has 0 spiro atoms. The Morgan fingerprint density at radius 3 is 2.53 bits per heavy atom. The highest BCUT2D eigenvalue weighted by molar-refractivity contribution is 9.10. The van der Waals surface area contributed by atoms with Gasteiger partial charge in [0.1, 0.15) is 0 Å². The minimum absolute atomic E-state index is 0.275. The van der Waals surface area contributed by atoms with Gasteiger partial charge in [0.25, 0.3) is 0 Å². The number of methoxy groups -OCH3 is 2. The van der Waals surface area contributed by atoms with Crippen molar-refractivity contribution in [3.63, 3.8) is 0 Å². The lowest BCUT2D eigenvalue weighted by Gasteiger charge is -2.13. The quantitative estimate of drug-likeness (QED) is 0.743. The van der Waals surface area contributed by atoms with E-state index in [2.05, 4.69) is 21.2 Å². The van der Waals surface area contributed by atoms with Crippen molar-refractivity contribution in [3.8, 4) is 11.5 Å². The van der Waals surface area contributed by atoms with Gasteiger partial charge in [-0.2, -0.15) is 0 Å². The number of ether oxygens (including phenoxy) is 3. The topological polar surface area (TPSA) is 39.7 Å². The summed E-state index contributed by atoms with van der Waals surface area (Å²) in [5.41, 5.74) is 1.13. The van der Waals surface area contributed by atoms with Gasteiger partial charge in [-0.15, -0.1) is 0 Å². The highest BCUT2D eigenvalue weighted by Crippen LogP contribution is 2.36. The van der Waals surface area contributed by atoms with Crippen molar-refractivity contribution in [1.82, 2.24) is 5.32 Å². The molecule has 0 saturated carbocycles. The van der Waals surface area contributed by atoms with Gasteiger partial charge in [-0.25, -0.2) is 0 Å². The molecule has 0 aromatic heterocycles. The van der Waals surface area contributed by atoms with E-state index in [-0.39, 0.29) is 6.10 Å². The first kappa shape index (κ1) is 16.3. The molecule has 1 rings (SSSR count). The second-order valence-corrected chi connectivity index (χ2v) is 5.26. The van der Waals surface area contributed by atoms with Gasteiger partial charge in [0.15, 0.2) is 11.5 Å². The van der Waals surface area contributed by atoms with Crippen LogP contribution < -0.4 is 14.8 Å². The van der Waals surface area contributed by atoms with Gasteiger partial charge < -0.3 is 19.5 Å². The van der Waals surface area contributed by atoms with E-state index in [0.29, 0.717) is 6.61 Å². The van der Waals surface area contributed by atoms with Crippen molar-refractivity contribution >= 4 is 15.9 Å². The zero-order chi connectivity index (χ0) is 14.3. The molecule has 4 nitrogen and oxygen atoms in total. The zero-order valence-corrected chi connectivity index (χ0v) is 13.5. The molecule has 0 amide bonds. The van der Waals surface area contributed by atoms with Crippen LogP contribution in [0, 0.1) is 0 Å². The molecular formula is C14H22BrNO3. The van der Waals surface area contributed by atoms with Crippen LogP contribution in [0.1, 0.15) is 19.4 Å². The normalized spacial score (nSPS) is 10.8. The van der Waals surface area contributed by atoms with E-state index in [1.54, 1.807) is 14.2 Å². The Labute approximate surface area is 123 Å². The summed E-state index contributed by atoms with van der Waals surface area (Å²) in [5, 5.41) is 3.33. The van der Waals surface area contributed by atoms with Crippen LogP contribution in [-0.2, 0) is 11.3 Å². The Morgan fingerprint density at radius 2 is 1.95 bits per heavy atom. The van der Waals surface area contributed by atoms with Crippen molar-refractivity contribution in [3.05, 3.63) is 22.2 Å². The Bertz CT molecular complexity index is 397. The number of halogens is 1. The van der Waals surface area contributed by atoms with E-state index in [4.69, 9.17) is 14.2 Å². The van der Waals surface area contributed by atoms with Crippen LogP contribution in [0.25, 0.3) is 0 Å². The number of rotatable bonds is 8. The van der Waals surface area contributed by atoms with Crippen LogP contribution in [0.3, 0.4) is 0 Å². The van der Waals surface area contributed by atoms with Crippen LogP contribution in [-0.4, -0.2) is 33.5 Å². The SMILES string of the molecule is COc1cc(CNCCOC(C)C)cc(Br)c1OC. The molecule has 0 fully saturated rings. The fourth-order valence-corrected chi connectivity index (χ4v) is 2.32. The summed E-state index contributed by atoms with van der Waals surface area (Å²) >= 11 is 3.48. The van der Waals surface area contributed by atoms with Crippen LogP contribution in [0.15, 0.2) is 16.6 Å². The highest BCUT2D eigenvalue weighted by Gasteiger charge is 2.10. The summed E-state index contributed by atoms with van der Waals surface area (Å²) in [5.74, 6) is 1.45. The second-order valence-electron chi connectivity index (χ2n) is 4.41. The molecule has 0 aliphatic rings. The predicted molar refractivity (Wildman–Crippen MR) is 80.0 cm³/mol. The minimum Gasteiger partial charge on any atom is -0.493 e. The van der Waals surface area contributed by atoms with E-state index in [0.717, 1.165) is 34.6 Å². The lowest BCUT2D eigenvalue weighted by molar-refractivity contribution is 0.0807. The highest BCUT2D eigenvalue weighted by atomic mass is 79.9. The summed E-state index contributed by atoms with van der Waals surface area (Å²) in [6.45, 7) is 6.37. The first-order valence-corrected chi connectivity index (χ1v) is 7.10. The Hall–Kier alpha value is -0.780. The molecule has 0 bridgehead atoms. The van der Waals surface area contributed by atoms with Crippen LogP contribution >= 0.6 is 15.9 Å². The molecule has 1 aromatic carbocycles. The molecule has 0 aliphatic carbocycles. The molecule has 0 atom stereocenters. The number of hydrogen-bond donors (Lipinski definition) is 1. The lowest BCUT2D eigenvalue weighted by atomic mass is 10.2. The van der Waals surface area contributed by atoms with Gasteiger partial charge in [0, 0.05) is 13.1 Å². The first-order valence-electron chi connectivity index (χ1n) is 6.31. The second kappa shape index (κ2) is 8.40.